The lowest BCUT2D eigenvalue weighted by molar-refractivity contribution is -0.386. The molecule has 14 heteroatoms. The summed E-state index contributed by atoms with van der Waals surface area (Å²) in [6, 6.07) is 8.39. The van der Waals surface area contributed by atoms with E-state index in [1.807, 2.05) is 0 Å². The summed E-state index contributed by atoms with van der Waals surface area (Å²) >= 11 is 0. The topological polar surface area (TPSA) is 112 Å². The summed E-state index contributed by atoms with van der Waals surface area (Å²) in [6.45, 7) is -1.16. The van der Waals surface area contributed by atoms with Crippen LogP contribution in [0.15, 0.2) is 36.4 Å². The van der Waals surface area contributed by atoms with E-state index in [1.165, 1.54) is 12.1 Å². The van der Waals surface area contributed by atoms with Crippen molar-refractivity contribution in [1.29, 1.82) is 10.5 Å². The number of halogens is 6. The summed E-state index contributed by atoms with van der Waals surface area (Å²) in [7, 11) is 0. The molecule has 0 N–H and O–H groups in total. The summed E-state index contributed by atoms with van der Waals surface area (Å²) in [4.78, 5) is 10.9. The molecule has 0 spiro atoms. The van der Waals surface area contributed by atoms with E-state index in [-0.39, 0.29) is 11.3 Å². The van der Waals surface area contributed by atoms with Crippen LogP contribution in [-0.2, 0) is 10.9 Å². The van der Waals surface area contributed by atoms with Gasteiger partial charge in [-0.05, 0) is 30.3 Å². The lowest BCUT2D eigenvalue weighted by Gasteiger charge is -2.27. The highest BCUT2D eigenvalue weighted by atomic mass is 19.4. The number of nitro groups is 1. The van der Waals surface area contributed by atoms with Gasteiger partial charge in [-0.3, -0.25) is 10.1 Å². The summed E-state index contributed by atoms with van der Waals surface area (Å²) in [5, 5.41) is 28.9. The Morgan fingerprint density at radius 2 is 1.82 bits per heavy atom. The Morgan fingerprint density at radius 3 is 2.38 bits per heavy atom. The van der Waals surface area contributed by atoms with Crippen molar-refractivity contribution in [1.82, 2.24) is 0 Å². The maximum atomic E-state index is 13.6. The third kappa shape index (κ3) is 5.13. The number of hydrogen-bond donors (Lipinski definition) is 0. The number of nitrogens with zero attached hydrogens (tertiary/aromatic N) is 4. The first-order chi connectivity index (χ1) is 15.8. The predicted octanol–water partition coefficient (Wildman–Crippen LogP) is 4.53. The van der Waals surface area contributed by atoms with Crippen LogP contribution in [0.5, 0.6) is 5.75 Å². The second kappa shape index (κ2) is 9.07. The molecule has 3 rings (SSSR count). The van der Waals surface area contributed by atoms with Crippen molar-refractivity contribution in [3.05, 3.63) is 63.2 Å². The van der Waals surface area contributed by atoms with E-state index in [1.54, 1.807) is 6.07 Å². The molecule has 34 heavy (non-hydrogen) atoms. The van der Waals surface area contributed by atoms with Crippen LogP contribution >= 0.6 is 0 Å². The Bertz CT molecular complexity index is 1190. The standard InChI is InChI=1S/C20H12F6N4O4/c21-19(22,23)15-6-13(3-2-12(15)8-28)29-9-14(34-18(29)20(24,25)26)10-33-17-4-1-11(7-27)5-16(17)30(31)32/h1-6,14,18H,9-10H2/t14-,18+/m0/s1. The second-order valence-electron chi connectivity index (χ2n) is 7.01. The van der Waals surface area contributed by atoms with Gasteiger partial charge in [-0.2, -0.15) is 36.9 Å². The Labute approximate surface area is 187 Å². The van der Waals surface area contributed by atoms with Crippen molar-refractivity contribution >= 4 is 11.4 Å². The Kier molecular flexibility index (Phi) is 6.56. The van der Waals surface area contributed by atoms with Crippen LogP contribution in [0.25, 0.3) is 0 Å². The van der Waals surface area contributed by atoms with Crippen LogP contribution in [-0.4, -0.2) is 36.6 Å². The molecule has 178 valence electrons. The van der Waals surface area contributed by atoms with Crippen LogP contribution in [0.3, 0.4) is 0 Å². The zero-order valence-electron chi connectivity index (χ0n) is 16.7. The van der Waals surface area contributed by atoms with E-state index in [0.717, 1.165) is 24.3 Å². The molecule has 1 aliphatic rings. The molecule has 0 bridgehead atoms. The number of hydrogen-bond acceptors (Lipinski definition) is 7. The molecule has 0 aliphatic carbocycles. The van der Waals surface area contributed by atoms with Crippen molar-refractivity contribution in [3.8, 4) is 17.9 Å². The highest BCUT2D eigenvalue weighted by Gasteiger charge is 2.51. The molecule has 1 saturated heterocycles. The minimum atomic E-state index is -5.00. The molecule has 0 unspecified atom stereocenters. The van der Waals surface area contributed by atoms with Crippen LogP contribution in [0.1, 0.15) is 16.7 Å². The fourth-order valence-electron chi connectivity index (χ4n) is 3.28. The molecule has 0 saturated carbocycles. The fraction of sp³-hybridized carbons (Fsp3) is 0.300. The van der Waals surface area contributed by atoms with Crippen LogP contribution < -0.4 is 9.64 Å². The maximum absolute atomic E-state index is 13.6. The van der Waals surface area contributed by atoms with E-state index in [9.17, 15) is 36.5 Å². The maximum Gasteiger partial charge on any atom is 0.433 e. The van der Waals surface area contributed by atoms with Gasteiger partial charge in [0.2, 0.25) is 6.23 Å². The number of ether oxygens (including phenoxy) is 2. The smallest absolute Gasteiger partial charge is 0.433 e. The number of anilines is 1. The van der Waals surface area contributed by atoms with Gasteiger partial charge in [0.25, 0.3) is 0 Å². The van der Waals surface area contributed by atoms with Gasteiger partial charge in [0.1, 0.15) is 12.7 Å². The first-order valence-electron chi connectivity index (χ1n) is 9.26. The van der Waals surface area contributed by atoms with Gasteiger partial charge in [-0.15, -0.1) is 0 Å². The summed E-state index contributed by atoms with van der Waals surface area (Å²) in [5.41, 5.74) is -3.28. The Balaban J connectivity index is 1.87. The third-order valence-electron chi connectivity index (χ3n) is 4.75. The summed E-state index contributed by atoms with van der Waals surface area (Å²) in [5.74, 6) is -0.327. The van der Waals surface area contributed by atoms with Gasteiger partial charge in [0, 0.05) is 11.8 Å². The first kappa shape index (κ1) is 24.6. The number of rotatable bonds is 5. The Morgan fingerprint density at radius 1 is 1.12 bits per heavy atom. The average molecular weight is 486 g/mol. The highest BCUT2D eigenvalue weighted by Crippen LogP contribution is 2.39. The van der Waals surface area contributed by atoms with Crippen LogP contribution in [0.2, 0.25) is 0 Å². The molecule has 8 nitrogen and oxygen atoms in total. The molecule has 1 fully saturated rings. The third-order valence-corrected chi connectivity index (χ3v) is 4.75. The largest absolute Gasteiger partial charge is 0.484 e. The average Bonchev–Trinajstić information content (AvgIpc) is 3.21. The minimum absolute atomic E-state index is 0.0410. The van der Waals surface area contributed by atoms with Gasteiger partial charge >= 0.3 is 18.0 Å². The molecule has 2 aromatic rings. The van der Waals surface area contributed by atoms with Gasteiger partial charge in [0.05, 0.1) is 40.3 Å². The van der Waals surface area contributed by atoms with E-state index >= 15 is 0 Å². The zero-order chi connectivity index (χ0) is 25.3. The number of nitro benzene ring substituents is 1. The predicted molar refractivity (Wildman–Crippen MR) is 102 cm³/mol. The number of alkyl halides is 6. The molecule has 0 amide bonds. The van der Waals surface area contributed by atoms with Gasteiger partial charge in [-0.1, -0.05) is 0 Å². The van der Waals surface area contributed by atoms with Crippen molar-refractivity contribution in [2.24, 2.45) is 0 Å². The number of nitriles is 2. The molecule has 2 aromatic carbocycles. The normalized spacial score (nSPS) is 18.3. The van der Waals surface area contributed by atoms with E-state index in [2.05, 4.69) is 0 Å². The molecule has 1 heterocycles. The van der Waals surface area contributed by atoms with Crippen molar-refractivity contribution in [3.63, 3.8) is 0 Å². The van der Waals surface area contributed by atoms with Crippen molar-refractivity contribution in [2.45, 2.75) is 24.7 Å². The fourth-order valence-corrected chi connectivity index (χ4v) is 3.28. The Hall–Kier alpha value is -4.04. The minimum Gasteiger partial charge on any atom is -0.484 e. The van der Waals surface area contributed by atoms with Crippen LogP contribution in [0, 0.1) is 32.8 Å². The first-order valence-corrected chi connectivity index (χ1v) is 9.26. The van der Waals surface area contributed by atoms with E-state index < -0.39 is 65.3 Å². The summed E-state index contributed by atoms with van der Waals surface area (Å²) < 4.78 is 90.7. The second-order valence-corrected chi connectivity index (χ2v) is 7.01. The van der Waals surface area contributed by atoms with Crippen LogP contribution in [0.4, 0.5) is 37.7 Å². The van der Waals surface area contributed by atoms with E-state index in [4.69, 9.17) is 20.0 Å². The van der Waals surface area contributed by atoms with Crippen molar-refractivity contribution in [2.75, 3.05) is 18.1 Å². The molecular weight excluding hydrogens is 474 g/mol. The quantitative estimate of drug-likeness (QED) is 0.347. The molecular formula is C20H12F6N4O4. The van der Waals surface area contributed by atoms with Gasteiger partial charge in [-0.25, -0.2) is 0 Å². The molecule has 2 atom stereocenters. The van der Waals surface area contributed by atoms with Gasteiger partial charge < -0.3 is 14.4 Å². The molecule has 1 aliphatic heterocycles. The van der Waals surface area contributed by atoms with E-state index in [0.29, 0.717) is 11.0 Å². The zero-order valence-corrected chi connectivity index (χ0v) is 16.7. The SMILES string of the molecule is N#Cc1ccc(OC[C@@H]2CN(c3ccc(C#N)c(C(F)(F)F)c3)[C@@H](C(F)(F)F)O2)c([N+](=O)[O-])c1. The number of benzene rings is 2. The lowest BCUT2D eigenvalue weighted by Crippen LogP contribution is -2.42. The van der Waals surface area contributed by atoms with Gasteiger partial charge in [0.15, 0.2) is 5.75 Å². The monoisotopic (exact) mass is 486 g/mol. The lowest BCUT2D eigenvalue weighted by atomic mass is 10.1. The highest BCUT2D eigenvalue weighted by molar-refractivity contribution is 5.56. The summed E-state index contributed by atoms with van der Waals surface area (Å²) in [6.07, 6.45) is -13.9. The molecule has 0 aromatic heterocycles. The van der Waals surface area contributed by atoms with Crippen molar-refractivity contribution < 1.29 is 40.7 Å². The molecule has 0 radical (unpaired) electrons.